The predicted molar refractivity (Wildman–Crippen MR) is 87.3 cm³/mol. The summed E-state index contributed by atoms with van der Waals surface area (Å²) in [6, 6.07) is 5.71. The van der Waals surface area contributed by atoms with E-state index in [1.54, 1.807) is 0 Å². The Hall–Kier alpha value is -2.44. The monoisotopic (exact) mass is 354 g/mol. The molecule has 0 spiro atoms. The molecule has 1 heterocycles. The Balaban J connectivity index is 2.29. The van der Waals surface area contributed by atoms with Crippen molar-refractivity contribution in [3.8, 4) is 11.1 Å². The first-order chi connectivity index (χ1) is 11.5. The summed E-state index contributed by atoms with van der Waals surface area (Å²) >= 11 is 0. The molecule has 3 nitrogen and oxygen atoms in total. The smallest absolute Gasteiger partial charge is 0.311 e. The summed E-state index contributed by atoms with van der Waals surface area (Å²) in [5.74, 6) is -1.35. The number of carbonyl (C=O) groups excluding carboxylic acids is 1. The van der Waals surface area contributed by atoms with Crippen molar-refractivity contribution in [2.45, 2.75) is 33.4 Å². The molecule has 134 valence electrons. The van der Waals surface area contributed by atoms with E-state index in [0.29, 0.717) is 5.56 Å². The molecule has 0 unspecified atom stereocenters. The maximum Gasteiger partial charge on any atom is 0.419 e. The molecule has 1 amide bonds. The van der Waals surface area contributed by atoms with Crippen molar-refractivity contribution in [1.82, 2.24) is 4.98 Å². The molecule has 1 aromatic heterocycles. The second-order valence-electron chi connectivity index (χ2n) is 6.91. The molecule has 2 aromatic rings. The van der Waals surface area contributed by atoms with E-state index >= 15 is 0 Å². The van der Waals surface area contributed by atoms with Crippen molar-refractivity contribution in [2.24, 2.45) is 5.41 Å². The Morgan fingerprint density at radius 1 is 1.08 bits per heavy atom. The molecule has 0 bridgehead atoms. The van der Waals surface area contributed by atoms with Crippen LogP contribution in [0, 0.1) is 11.2 Å². The van der Waals surface area contributed by atoms with E-state index in [4.69, 9.17) is 0 Å². The van der Waals surface area contributed by atoms with Crippen LogP contribution in [0.2, 0.25) is 0 Å². The minimum Gasteiger partial charge on any atom is -0.311 e. The Kier molecular flexibility index (Phi) is 5.15. The van der Waals surface area contributed by atoms with Gasteiger partial charge >= 0.3 is 6.18 Å². The maximum atomic E-state index is 13.4. The van der Waals surface area contributed by atoms with Crippen molar-refractivity contribution in [3.63, 3.8) is 0 Å². The molecule has 0 radical (unpaired) electrons. The summed E-state index contributed by atoms with van der Waals surface area (Å²) < 4.78 is 51.9. The SMILES string of the molecule is CC(C)(C)CC(=O)Nc1cc(-c2ccc(F)c(C(F)(F)F)c2)ccn1. The fraction of sp³-hybridized carbons (Fsp3) is 0.333. The summed E-state index contributed by atoms with van der Waals surface area (Å²) in [5.41, 5.74) is -0.964. The molecule has 1 N–H and O–H groups in total. The molecular weight excluding hydrogens is 336 g/mol. The van der Waals surface area contributed by atoms with Crippen LogP contribution in [-0.2, 0) is 11.0 Å². The normalized spacial score (nSPS) is 12.1. The Bertz CT molecular complexity index is 779. The molecular formula is C18H18F4N2O. The van der Waals surface area contributed by atoms with Gasteiger partial charge in [-0.05, 0) is 40.8 Å². The molecule has 0 fully saturated rings. The number of anilines is 1. The van der Waals surface area contributed by atoms with E-state index in [9.17, 15) is 22.4 Å². The van der Waals surface area contributed by atoms with Gasteiger partial charge in [-0.25, -0.2) is 9.37 Å². The van der Waals surface area contributed by atoms with Crippen LogP contribution in [0.1, 0.15) is 32.8 Å². The second-order valence-corrected chi connectivity index (χ2v) is 6.91. The second kappa shape index (κ2) is 6.82. The van der Waals surface area contributed by atoms with Crippen LogP contribution in [0.25, 0.3) is 11.1 Å². The van der Waals surface area contributed by atoms with E-state index in [-0.39, 0.29) is 29.1 Å². The lowest BCUT2D eigenvalue weighted by Crippen LogP contribution is -2.20. The van der Waals surface area contributed by atoms with Crippen LogP contribution in [-0.4, -0.2) is 10.9 Å². The number of pyridine rings is 1. The molecule has 0 aliphatic rings. The summed E-state index contributed by atoms with van der Waals surface area (Å²) in [6.45, 7) is 5.73. The quantitative estimate of drug-likeness (QED) is 0.762. The summed E-state index contributed by atoms with van der Waals surface area (Å²) in [4.78, 5) is 16.0. The number of aromatic nitrogens is 1. The fourth-order valence-corrected chi connectivity index (χ4v) is 2.27. The number of alkyl halides is 3. The van der Waals surface area contributed by atoms with Gasteiger partial charge in [-0.3, -0.25) is 4.79 Å². The third-order valence-corrected chi connectivity index (χ3v) is 3.32. The number of nitrogens with zero attached hydrogens (tertiary/aromatic N) is 1. The third-order valence-electron chi connectivity index (χ3n) is 3.32. The zero-order valence-electron chi connectivity index (χ0n) is 14.0. The van der Waals surface area contributed by atoms with E-state index in [2.05, 4.69) is 10.3 Å². The average molecular weight is 354 g/mol. The number of hydrogen-bond acceptors (Lipinski definition) is 2. The standard InChI is InChI=1S/C18H18F4N2O/c1-17(2,3)10-16(25)24-15-9-12(6-7-23-15)11-4-5-14(19)13(8-11)18(20,21)22/h4-9H,10H2,1-3H3,(H,23,24,25). The van der Waals surface area contributed by atoms with Crippen LogP contribution < -0.4 is 5.32 Å². The Morgan fingerprint density at radius 3 is 2.32 bits per heavy atom. The molecule has 0 aliphatic heterocycles. The van der Waals surface area contributed by atoms with Gasteiger partial charge in [-0.1, -0.05) is 26.8 Å². The van der Waals surface area contributed by atoms with Gasteiger partial charge in [0.25, 0.3) is 0 Å². The lowest BCUT2D eigenvalue weighted by atomic mass is 9.92. The maximum absolute atomic E-state index is 13.4. The van der Waals surface area contributed by atoms with Gasteiger partial charge in [0.15, 0.2) is 0 Å². The molecule has 25 heavy (non-hydrogen) atoms. The molecule has 7 heteroatoms. The van der Waals surface area contributed by atoms with Gasteiger partial charge < -0.3 is 5.32 Å². The number of amides is 1. The minimum absolute atomic E-state index is 0.183. The number of hydrogen-bond donors (Lipinski definition) is 1. The summed E-state index contributed by atoms with van der Waals surface area (Å²) in [6.07, 6.45) is -3.14. The van der Waals surface area contributed by atoms with Crippen molar-refractivity contribution in [2.75, 3.05) is 5.32 Å². The number of nitrogens with one attached hydrogen (secondary N) is 1. The lowest BCUT2D eigenvalue weighted by Gasteiger charge is -2.17. The first-order valence-electron chi connectivity index (χ1n) is 7.59. The largest absolute Gasteiger partial charge is 0.419 e. The first-order valence-corrected chi connectivity index (χ1v) is 7.59. The van der Waals surface area contributed by atoms with Crippen LogP contribution >= 0.6 is 0 Å². The molecule has 1 aromatic carbocycles. The van der Waals surface area contributed by atoms with Gasteiger partial charge in [0.1, 0.15) is 11.6 Å². The van der Waals surface area contributed by atoms with Crippen molar-refractivity contribution >= 4 is 11.7 Å². The highest BCUT2D eigenvalue weighted by molar-refractivity contribution is 5.90. The molecule has 0 saturated carbocycles. The van der Waals surface area contributed by atoms with Crippen molar-refractivity contribution < 1.29 is 22.4 Å². The Morgan fingerprint density at radius 2 is 1.72 bits per heavy atom. The fourth-order valence-electron chi connectivity index (χ4n) is 2.27. The van der Waals surface area contributed by atoms with Gasteiger partial charge in [-0.15, -0.1) is 0 Å². The molecule has 0 saturated heterocycles. The van der Waals surface area contributed by atoms with Gasteiger partial charge in [-0.2, -0.15) is 13.2 Å². The molecule has 2 rings (SSSR count). The van der Waals surface area contributed by atoms with E-state index < -0.39 is 17.6 Å². The summed E-state index contributed by atoms with van der Waals surface area (Å²) in [7, 11) is 0. The van der Waals surface area contributed by atoms with Gasteiger partial charge in [0.05, 0.1) is 5.56 Å². The average Bonchev–Trinajstić information content (AvgIpc) is 2.44. The van der Waals surface area contributed by atoms with Gasteiger partial charge in [0.2, 0.25) is 5.91 Å². The molecule has 0 atom stereocenters. The van der Waals surface area contributed by atoms with Crippen molar-refractivity contribution in [3.05, 3.63) is 47.9 Å². The number of rotatable bonds is 3. The number of carbonyl (C=O) groups is 1. The van der Waals surface area contributed by atoms with Crippen LogP contribution in [0.4, 0.5) is 23.4 Å². The third kappa shape index (κ3) is 5.27. The van der Waals surface area contributed by atoms with E-state index in [1.807, 2.05) is 20.8 Å². The zero-order chi connectivity index (χ0) is 18.8. The first kappa shape index (κ1) is 18.9. The van der Waals surface area contributed by atoms with Crippen molar-refractivity contribution in [1.29, 1.82) is 0 Å². The van der Waals surface area contributed by atoms with E-state index in [1.165, 1.54) is 24.4 Å². The zero-order valence-corrected chi connectivity index (χ0v) is 14.0. The highest BCUT2D eigenvalue weighted by Gasteiger charge is 2.34. The number of benzene rings is 1. The molecule has 0 aliphatic carbocycles. The Labute approximate surface area is 143 Å². The van der Waals surface area contributed by atoms with Crippen LogP contribution in [0.3, 0.4) is 0 Å². The summed E-state index contributed by atoms with van der Waals surface area (Å²) in [5, 5.41) is 2.62. The van der Waals surface area contributed by atoms with Crippen LogP contribution in [0.5, 0.6) is 0 Å². The number of halogens is 4. The highest BCUT2D eigenvalue weighted by Crippen LogP contribution is 2.34. The van der Waals surface area contributed by atoms with E-state index in [0.717, 1.165) is 12.1 Å². The predicted octanol–water partition coefficient (Wildman–Crippen LogP) is 5.28. The van der Waals surface area contributed by atoms with Gasteiger partial charge in [0, 0.05) is 12.6 Å². The minimum atomic E-state index is -4.78. The van der Waals surface area contributed by atoms with Crippen LogP contribution in [0.15, 0.2) is 36.5 Å². The topological polar surface area (TPSA) is 42.0 Å². The lowest BCUT2D eigenvalue weighted by molar-refractivity contribution is -0.140. The highest BCUT2D eigenvalue weighted by atomic mass is 19.4.